The average molecular weight is 171 g/mol. The molecule has 0 bridgehead atoms. The predicted molar refractivity (Wildman–Crippen MR) is 42.7 cm³/mol. The van der Waals surface area contributed by atoms with E-state index in [1.165, 1.54) is 0 Å². The quantitative estimate of drug-likeness (QED) is 0.388. The van der Waals surface area contributed by atoms with Crippen LogP contribution in [0.15, 0.2) is 0 Å². The standard InChI is InChI=1S/C7H13N3O2/c1-4-12-7(11)9-10(5-8)6(2)3/h6H,4H2,1-3H3,(H,9,11). The average Bonchev–Trinajstić information content (AvgIpc) is 2.00. The highest BCUT2D eigenvalue weighted by Crippen LogP contribution is 1.91. The second-order valence-electron chi connectivity index (χ2n) is 2.40. The topological polar surface area (TPSA) is 65.4 Å². The van der Waals surface area contributed by atoms with Crippen LogP contribution in [0.3, 0.4) is 0 Å². The molecule has 0 rings (SSSR count). The van der Waals surface area contributed by atoms with Crippen LogP contribution in [0.2, 0.25) is 0 Å². The number of nitriles is 1. The predicted octanol–water partition coefficient (Wildman–Crippen LogP) is 0.839. The highest BCUT2D eigenvalue weighted by atomic mass is 16.6. The van der Waals surface area contributed by atoms with Gasteiger partial charge >= 0.3 is 6.09 Å². The van der Waals surface area contributed by atoms with Gasteiger partial charge in [-0.1, -0.05) is 0 Å². The van der Waals surface area contributed by atoms with Crippen molar-refractivity contribution in [2.45, 2.75) is 26.8 Å². The van der Waals surface area contributed by atoms with Crippen molar-refractivity contribution in [3.63, 3.8) is 0 Å². The fourth-order valence-corrected chi connectivity index (χ4v) is 0.531. The summed E-state index contributed by atoms with van der Waals surface area (Å²) >= 11 is 0. The maximum atomic E-state index is 10.8. The Morgan fingerprint density at radius 1 is 1.75 bits per heavy atom. The molecule has 0 aromatic heterocycles. The Labute approximate surface area is 71.9 Å². The third-order valence-electron chi connectivity index (χ3n) is 1.11. The highest BCUT2D eigenvalue weighted by molar-refractivity contribution is 5.66. The smallest absolute Gasteiger partial charge is 0.426 e. The molecule has 0 radical (unpaired) electrons. The summed E-state index contributed by atoms with van der Waals surface area (Å²) in [6.07, 6.45) is 1.21. The van der Waals surface area contributed by atoms with Gasteiger partial charge in [0.25, 0.3) is 0 Å². The molecule has 0 unspecified atom stereocenters. The highest BCUT2D eigenvalue weighted by Gasteiger charge is 2.10. The molecule has 0 spiro atoms. The Bertz CT molecular complexity index is 186. The van der Waals surface area contributed by atoms with Gasteiger partial charge in [0.1, 0.15) is 0 Å². The first kappa shape index (κ1) is 10.6. The minimum absolute atomic E-state index is 0.0700. The number of carbonyl (C=O) groups is 1. The van der Waals surface area contributed by atoms with Crippen LogP contribution in [0.4, 0.5) is 4.79 Å². The molecule has 0 aromatic carbocycles. The summed E-state index contributed by atoms with van der Waals surface area (Å²) in [7, 11) is 0. The second-order valence-corrected chi connectivity index (χ2v) is 2.40. The molecule has 0 atom stereocenters. The van der Waals surface area contributed by atoms with Gasteiger partial charge in [-0.25, -0.2) is 15.2 Å². The molecule has 68 valence electrons. The molecule has 1 N–H and O–H groups in total. The van der Waals surface area contributed by atoms with Crippen LogP contribution >= 0.6 is 0 Å². The van der Waals surface area contributed by atoms with Gasteiger partial charge in [-0.3, -0.25) is 0 Å². The first-order valence-electron chi connectivity index (χ1n) is 3.74. The summed E-state index contributed by atoms with van der Waals surface area (Å²) in [5.74, 6) is 0. The van der Waals surface area contributed by atoms with Gasteiger partial charge in [0.2, 0.25) is 0 Å². The Morgan fingerprint density at radius 3 is 2.67 bits per heavy atom. The summed E-state index contributed by atoms with van der Waals surface area (Å²) in [5.41, 5.74) is 2.28. The molecule has 0 aliphatic carbocycles. The molecule has 1 amide bonds. The van der Waals surface area contributed by atoms with E-state index in [1.54, 1.807) is 20.8 Å². The van der Waals surface area contributed by atoms with Gasteiger partial charge in [0.05, 0.1) is 12.6 Å². The molecule has 0 aliphatic rings. The van der Waals surface area contributed by atoms with Crippen LogP contribution in [-0.4, -0.2) is 23.8 Å². The molecule has 0 fully saturated rings. The maximum absolute atomic E-state index is 10.8. The maximum Gasteiger partial charge on any atom is 0.426 e. The van der Waals surface area contributed by atoms with Crippen LogP contribution in [0.5, 0.6) is 0 Å². The van der Waals surface area contributed by atoms with Gasteiger partial charge in [0, 0.05) is 0 Å². The second kappa shape index (κ2) is 5.24. The number of nitrogens with zero attached hydrogens (tertiary/aromatic N) is 2. The Hall–Kier alpha value is -1.44. The van der Waals surface area contributed by atoms with E-state index in [2.05, 4.69) is 10.2 Å². The zero-order valence-electron chi connectivity index (χ0n) is 7.50. The zero-order valence-corrected chi connectivity index (χ0v) is 7.50. The van der Waals surface area contributed by atoms with Crippen molar-refractivity contribution in [1.29, 1.82) is 5.26 Å². The first-order chi connectivity index (χ1) is 5.61. The Balaban J connectivity index is 3.88. The minimum atomic E-state index is -0.604. The van der Waals surface area contributed by atoms with Gasteiger partial charge in [-0.05, 0) is 20.8 Å². The van der Waals surface area contributed by atoms with Crippen LogP contribution in [0.1, 0.15) is 20.8 Å². The number of amides is 1. The van der Waals surface area contributed by atoms with E-state index < -0.39 is 6.09 Å². The largest absolute Gasteiger partial charge is 0.449 e. The summed E-state index contributed by atoms with van der Waals surface area (Å²) in [6.45, 7) is 5.57. The first-order valence-corrected chi connectivity index (χ1v) is 3.74. The Morgan fingerprint density at radius 2 is 2.33 bits per heavy atom. The Kier molecular flexibility index (Phi) is 4.61. The van der Waals surface area contributed by atoms with Crippen LogP contribution in [0.25, 0.3) is 0 Å². The summed E-state index contributed by atoms with van der Waals surface area (Å²) < 4.78 is 4.58. The van der Waals surface area contributed by atoms with Crippen LogP contribution < -0.4 is 5.43 Å². The van der Waals surface area contributed by atoms with Gasteiger partial charge in [-0.2, -0.15) is 5.26 Å². The van der Waals surface area contributed by atoms with Gasteiger partial charge < -0.3 is 4.74 Å². The van der Waals surface area contributed by atoms with Crippen molar-refractivity contribution in [3.05, 3.63) is 0 Å². The summed E-state index contributed by atoms with van der Waals surface area (Å²) in [5, 5.41) is 9.64. The molecule has 5 heteroatoms. The lowest BCUT2D eigenvalue weighted by atomic mass is 10.4. The van der Waals surface area contributed by atoms with Crippen molar-refractivity contribution in [2.24, 2.45) is 0 Å². The summed E-state index contributed by atoms with van der Waals surface area (Å²) in [4.78, 5) is 10.8. The van der Waals surface area contributed by atoms with Crippen LogP contribution in [-0.2, 0) is 4.74 Å². The van der Waals surface area contributed by atoms with E-state index in [0.717, 1.165) is 5.01 Å². The van der Waals surface area contributed by atoms with E-state index in [-0.39, 0.29) is 6.04 Å². The summed E-state index contributed by atoms with van der Waals surface area (Å²) in [6, 6.07) is -0.0700. The SMILES string of the molecule is CCOC(=O)NN(C#N)C(C)C. The molecule has 0 aromatic rings. The third-order valence-corrected chi connectivity index (χ3v) is 1.11. The van der Waals surface area contributed by atoms with Crippen molar-refractivity contribution in [1.82, 2.24) is 10.4 Å². The minimum Gasteiger partial charge on any atom is -0.449 e. The molecule has 0 heterocycles. The van der Waals surface area contributed by atoms with E-state index in [4.69, 9.17) is 5.26 Å². The van der Waals surface area contributed by atoms with Gasteiger partial charge in [0.15, 0.2) is 6.19 Å². The lowest BCUT2D eigenvalue weighted by molar-refractivity contribution is 0.120. The van der Waals surface area contributed by atoms with Crippen molar-refractivity contribution in [2.75, 3.05) is 6.61 Å². The number of carbonyl (C=O) groups excluding carboxylic acids is 1. The molecular formula is C7H13N3O2. The van der Waals surface area contributed by atoms with Crippen molar-refractivity contribution >= 4 is 6.09 Å². The molecule has 0 saturated carbocycles. The number of ether oxygens (including phenoxy) is 1. The lowest BCUT2D eigenvalue weighted by Gasteiger charge is -2.19. The van der Waals surface area contributed by atoms with E-state index in [9.17, 15) is 4.79 Å². The third kappa shape index (κ3) is 3.66. The number of hydrogen-bond donors (Lipinski definition) is 1. The molecule has 0 aliphatic heterocycles. The van der Waals surface area contributed by atoms with Crippen molar-refractivity contribution in [3.8, 4) is 6.19 Å². The monoisotopic (exact) mass is 171 g/mol. The van der Waals surface area contributed by atoms with E-state index in [0.29, 0.717) is 6.61 Å². The molecular weight excluding hydrogens is 158 g/mol. The lowest BCUT2D eigenvalue weighted by Crippen LogP contribution is -2.43. The molecule has 12 heavy (non-hydrogen) atoms. The normalized spacial score (nSPS) is 8.92. The number of hydrazine groups is 1. The van der Waals surface area contributed by atoms with Crippen molar-refractivity contribution < 1.29 is 9.53 Å². The number of hydrogen-bond acceptors (Lipinski definition) is 4. The number of nitrogens with one attached hydrogen (secondary N) is 1. The fraction of sp³-hybridized carbons (Fsp3) is 0.714. The van der Waals surface area contributed by atoms with Gasteiger partial charge in [-0.15, -0.1) is 0 Å². The molecule has 0 saturated heterocycles. The zero-order chi connectivity index (χ0) is 9.56. The number of rotatable bonds is 3. The van der Waals surface area contributed by atoms with Crippen LogP contribution in [0, 0.1) is 11.5 Å². The fourth-order valence-electron chi connectivity index (χ4n) is 0.531. The van der Waals surface area contributed by atoms with E-state index >= 15 is 0 Å². The van der Waals surface area contributed by atoms with E-state index in [1.807, 2.05) is 6.19 Å². The molecule has 5 nitrogen and oxygen atoms in total.